The first kappa shape index (κ1) is 13.4. The van der Waals surface area contributed by atoms with Gasteiger partial charge in [-0.25, -0.2) is 4.39 Å². The van der Waals surface area contributed by atoms with Crippen LogP contribution in [0.2, 0.25) is 0 Å². The number of nitrogens with one attached hydrogen (secondary N) is 1. The van der Waals surface area contributed by atoms with E-state index < -0.39 is 0 Å². The van der Waals surface area contributed by atoms with Crippen molar-refractivity contribution in [2.75, 3.05) is 5.73 Å². The summed E-state index contributed by atoms with van der Waals surface area (Å²) in [4.78, 5) is 13.2. The Morgan fingerprint density at radius 3 is 2.76 bits per heavy atom. The minimum Gasteiger partial charge on any atom is -0.397 e. The van der Waals surface area contributed by atoms with Gasteiger partial charge in [-0.05, 0) is 23.8 Å². The van der Waals surface area contributed by atoms with Crippen LogP contribution in [-0.2, 0) is 6.54 Å². The largest absolute Gasteiger partial charge is 0.397 e. The van der Waals surface area contributed by atoms with Crippen LogP contribution in [0, 0.1) is 5.82 Å². The van der Waals surface area contributed by atoms with E-state index in [-0.39, 0.29) is 11.7 Å². The van der Waals surface area contributed by atoms with Crippen molar-refractivity contribution >= 4 is 33.1 Å². The standard InChI is InChI=1S/C14H11FN4OS/c15-9-3-1-8(2-4-9)7-17-13(20)12-11(16)10-5-6-18-19-14(10)21-12/h1-6H,7,16H2,(H,17,20). The van der Waals surface area contributed by atoms with Crippen LogP contribution < -0.4 is 11.1 Å². The molecule has 3 rings (SSSR count). The summed E-state index contributed by atoms with van der Waals surface area (Å²) in [6.45, 7) is 0.304. The number of hydrogen-bond donors (Lipinski definition) is 2. The van der Waals surface area contributed by atoms with Crippen LogP contribution in [0.3, 0.4) is 0 Å². The monoisotopic (exact) mass is 302 g/mol. The number of nitrogens with two attached hydrogens (primary N) is 1. The molecule has 1 amide bonds. The van der Waals surface area contributed by atoms with Gasteiger partial charge in [0.25, 0.3) is 5.91 Å². The molecule has 0 atom stereocenters. The Kier molecular flexibility index (Phi) is 3.49. The fraction of sp³-hybridized carbons (Fsp3) is 0.0714. The molecule has 0 aliphatic rings. The topological polar surface area (TPSA) is 80.9 Å². The lowest BCUT2D eigenvalue weighted by atomic mass is 10.2. The molecule has 0 unspecified atom stereocenters. The average molecular weight is 302 g/mol. The van der Waals surface area contributed by atoms with Crippen LogP contribution in [0.1, 0.15) is 15.2 Å². The number of benzene rings is 1. The van der Waals surface area contributed by atoms with Crippen LogP contribution in [0.15, 0.2) is 36.5 Å². The molecular formula is C14H11FN4OS. The summed E-state index contributed by atoms with van der Waals surface area (Å²) in [6, 6.07) is 7.67. The molecule has 0 fully saturated rings. The van der Waals surface area contributed by atoms with Crippen molar-refractivity contribution < 1.29 is 9.18 Å². The molecular weight excluding hydrogens is 291 g/mol. The van der Waals surface area contributed by atoms with Crippen molar-refractivity contribution in [3.05, 3.63) is 52.8 Å². The van der Waals surface area contributed by atoms with Crippen molar-refractivity contribution in [2.45, 2.75) is 6.54 Å². The van der Waals surface area contributed by atoms with Crippen molar-refractivity contribution in [1.82, 2.24) is 15.5 Å². The summed E-state index contributed by atoms with van der Waals surface area (Å²) in [6.07, 6.45) is 1.53. The summed E-state index contributed by atoms with van der Waals surface area (Å²) >= 11 is 1.20. The Bertz CT molecular complexity index is 800. The Morgan fingerprint density at radius 1 is 1.29 bits per heavy atom. The third kappa shape index (κ3) is 2.68. The maximum absolute atomic E-state index is 12.8. The number of fused-ring (bicyclic) bond motifs is 1. The highest BCUT2D eigenvalue weighted by Crippen LogP contribution is 2.31. The number of anilines is 1. The van der Waals surface area contributed by atoms with Crippen molar-refractivity contribution in [3.8, 4) is 0 Å². The summed E-state index contributed by atoms with van der Waals surface area (Å²) in [5.74, 6) is -0.586. The van der Waals surface area contributed by atoms with Gasteiger partial charge in [-0.2, -0.15) is 5.10 Å². The summed E-state index contributed by atoms with van der Waals surface area (Å²) < 4.78 is 12.8. The number of aromatic nitrogens is 2. The maximum atomic E-state index is 12.8. The van der Waals surface area contributed by atoms with Crippen molar-refractivity contribution in [2.24, 2.45) is 0 Å². The van der Waals surface area contributed by atoms with E-state index in [1.807, 2.05) is 0 Å². The van der Waals surface area contributed by atoms with Crippen LogP contribution in [-0.4, -0.2) is 16.1 Å². The van der Waals surface area contributed by atoms with Crippen LogP contribution in [0.25, 0.3) is 10.2 Å². The number of halogens is 1. The number of nitrogens with zero attached hydrogens (tertiary/aromatic N) is 2. The highest BCUT2D eigenvalue weighted by Gasteiger charge is 2.16. The molecule has 0 radical (unpaired) electrons. The lowest BCUT2D eigenvalue weighted by Crippen LogP contribution is -2.22. The van der Waals surface area contributed by atoms with E-state index in [9.17, 15) is 9.18 Å². The van der Waals surface area contributed by atoms with Gasteiger partial charge < -0.3 is 11.1 Å². The van der Waals surface area contributed by atoms with Gasteiger partial charge in [0.15, 0.2) is 0 Å². The molecule has 3 aromatic rings. The molecule has 2 heterocycles. The maximum Gasteiger partial charge on any atom is 0.263 e. The minimum atomic E-state index is -0.308. The van der Waals surface area contributed by atoms with Crippen LogP contribution >= 0.6 is 11.3 Å². The fourth-order valence-corrected chi connectivity index (χ4v) is 2.86. The Morgan fingerprint density at radius 2 is 2.05 bits per heavy atom. The zero-order chi connectivity index (χ0) is 14.8. The number of amides is 1. The van der Waals surface area contributed by atoms with E-state index in [4.69, 9.17) is 5.73 Å². The molecule has 2 aromatic heterocycles. The molecule has 0 bridgehead atoms. The highest BCUT2D eigenvalue weighted by atomic mass is 32.1. The number of carbonyl (C=O) groups is 1. The summed E-state index contributed by atoms with van der Waals surface area (Å²) in [7, 11) is 0. The third-order valence-corrected chi connectivity index (χ3v) is 4.10. The lowest BCUT2D eigenvalue weighted by Gasteiger charge is -2.04. The van der Waals surface area contributed by atoms with E-state index in [0.717, 1.165) is 10.9 Å². The first-order valence-corrected chi connectivity index (χ1v) is 6.99. The fourth-order valence-electron chi connectivity index (χ4n) is 1.91. The molecule has 0 saturated carbocycles. The summed E-state index contributed by atoms with van der Waals surface area (Å²) in [5, 5.41) is 11.2. The van der Waals surface area contributed by atoms with Gasteiger partial charge in [0.2, 0.25) is 0 Å². The zero-order valence-electron chi connectivity index (χ0n) is 10.8. The van der Waals surface area contributed by atoms with E-state index in [0.29, 0.717) is 21.9 Å². The molecule has 0 aliphatic carbocycles. The van der Waals surface area contributed by atoms with Crippen molar-refractivity contribution in [1.29, 1.82) is 0 Å². The Labute approximate surface area is 123 Å². The van der Waals surface area contributed by atoms with E-state index in [1.165, 1.54) is 29.7 Å². The highest BCUT2D eigenvalue weighted by molar-refractivity contribution is 7.21. The predicted octanol–water partition coefficient (Wildman–Crippen LogP) is 2.34. The van der Waals surface area contributed by atoms with Crippen LogP contribution in [0.5, 0.6) is 0 Å². The Hall–Kier alpha value is -2.54. The van der Waals surface area contributed by atoms with Crippen molar-refractivity contribution in [3.63, 3.8) is 0 Å². The van der Waals surface area contributed by atoms with Gasteiger partial charge in [-0.3, -0.25) is 4.79 Å². The molecule has 7 heteroatoms. The zero-order valence-corrected chi connectivity index (χ0v) is 11.7. The summed E-state index contributed by atoms with van der Waals surface area (Å²) in [5.41, 5.74) is 7.17. The molecule has 5 nitrogen and oxygen atoms in total. The number of rotatable bonds is 3. The minimum absolute atomic E-state index is 0.278. The van der Waals surface area contributed by atoms with E-state index in [2.05, 4.69) is 15.5 Å². The van der Waals surface area contributed by atoms with Crippen LogP contribution in [0.4, 0.5) is 10.1 Å². The average Bonchev–Trinajstić information content (AvgIpc) is 2.84. The normalized spacial score (nSPS) is 10.7. The molecule has 0 saturated heterocycles. The SMILES string of the molecule is Nc1c(C(=O)NCc2ccc(F)cc2)sc2nnccc12. The molecule has 0 aliphatic heterocycles. The molecule has 3 N–H and O–H groups in total. The van der Waals surface area contributed by atoms with Gasteiger partial charge in [-0.15, -0.1) is 16.4 Å². The molecule has 0 spiro atoms. The van der Waals surface area contributed by atoms with Gasteiger partial charge in [0.1, 0.15) is 15.5 Å². The predicted molar refractivity (Wildman–Crippen MR) is 79.4 cm³/mol. The second kappa shape index (κ2) is 5.45. The molecule has 106 valence electrons. The van der Waals surface area contributed by atoms with E-state index >= 15 is 0 Å². The van der Waals surface area contributed by atoms with E-state index in [1.54, 1.807) is 18.2 Å². The Balaban J connectivity index is 1.78. The number of hydrogen-bond acceptors (Lipinski definition) is 5. The van der Waals surface area contributed by atoms with Gasteiger partial charge in [0, 0.05) is 11.9 Å². The molecule has 1 aromatic carbocycles. The molecule has 21 heavy (non-hydrogen) atoms. The first-order chi connectivity index (χ1) is 10.1. The van der Waals surface area contributed by atoms with Gasteiger partial charge in [-0.1, -0.05) is 12.1 Å². The second-order valence-electron chi connectivity index (χ2n) is 4.40. The second-order valence-corrected chi connectivity index (χ2v) is 5.40. The lowest BCUT2D eigenvalue weighted by molar-refractivity contribution is 0.0956. The number of nitrogen functional groups attached to an aromatic ring is 1. The first-order valence-electron chi connectivity index (χ1n) is 6.17. The third-order valence-electron chi connectivity index (χ3n) is 2.99. The smallest absolute Gasteiger partial charge is 0.263 e. The number of carbonyl (C=O) groups excluding carboxylic acids is 1. The number of thiophene rings is 1. The van der Waals surface area contributed by atoms with Gasteiger partial charge in [0.05, 0.1) is 11.9 Å². The van der Waals surface area contributed by atoms with Gasteiger partial charge >= 0.3 is 0 Å². The quantitative estimate of drug-likeness (QED) is 0.778.